The van der Waals surface area contributed by atoms with Gasteiger partial charge in [-0.2, -0.15) is 0 Å². The second-order valence-electron chi connectivity index (χ2n) is 3.99. The van der Waals surface area contributed by atoms with Crippen molar-refractivity contribution in [1.29, 1.82) is 0 Å². The maximum Gasteiger partial charge on any atom is 0.123 e. The predicted molar refractivity (Wildman–Crippen MR) is 68.5 cm³/mol. The number of nitrogens with zero attached hydrogens (tertiary/aromatic N) is 1. The zero-order chi connectivity index (χ0) is 12.4. The Morgan fingerprint density at radius 2 is 1.65 bits per heavy atom. The number of phenolic OH excluding ortho intramolecular Hbond substituents is 1. The van der Waals surface area contributed by atoms with E-state index in [1.165, 1.54) is 0 Å². The fraction of sp³-hybridized carbons (Fsp3) is 0.143. The molecule has 0 heterocycles. The molecule has 0 atom stereocenters. The highest BCUT2D eigenvalue weighted by Crippen LogP contribution is 2.35. The zero-order valence-corrected chi connectivity index (χ0v) is 9.77. The molecule has 0 unspecified atom stereocenters. The van der Waals surface area contributed by atoms with Crippen molar-refractivity contribution >= 4 is 5.69 Å². The molecule has 0 fully saturated rings. The molecular weight excluding hydrogens is 214 g/mol. The summed E-state index contributed by atoms with van der Waals surface area (Å²) in [6.45, 7) is 3.78. The van der Waals surface area contributed by atoms with E-state index in [-0.39, 0.29) is 5.75 Å². The molecule has 86 valence electrons. The van der Waals surface area contributed by atoms with Crippen LogP contribution in [0.5, 0.6) is 5.75 Å². The summed E-state index contributed by atoms with van der Waals surface area (Å²) in [5.74, 6) is 0.238. The third-order valence-electron chi connectivity index (χ3n) is 3.05. The summed E-state index contributed by atoms with van der Waals surface area (Å²) in [6, 6.07) is 10.6. The van der Waals surface area contributed by atoms with E-state index in [9.17, 15) is 10.0 Å². The fourth-order valence-corrected chi connectivity index (χ4v) is 1.90. The summed E-state index contributed by atoms with van der Waals surface area (Å²) in [5.41, 5.74) is 3.95. The normalized spacial score (nSPS) is 10.2. The number of hydrogen-bond donors (Lipinski definition) is 1. The first-order chi connectivity index (χ1) is 8.15. The molecule has 0 radical (unpaired) electrons. The van der Waals surface area contributed by atoms with Gasteiger partial charge in [0.2, 0.25) is 0 Å². The van der Waals surface area contributed by atoms with Gasteiger partial charge in [0.1, 0.15) is 11.4 Å². The van der Waals surface area contributed by atoms with E-state index in [0.29, 0.717) is 5.69 Å². The SMILES string of the molecule is Cc1c(N=O)ccc(-c2ccccc2O)c1C. The van der Waals surface area contributed by atoms with E-state index in [4.69, 9.17) is 0 Å². The first kappa shape index (κ1) is 11.3. The second-order valence-corrected chi connectivity index (χ2v) is 3.99. The molecular formula is C14H13NO2. The molecule has 2 aromatic carbocycles. The Kier molecular flexibility index (Phi) is 2.91. The lowest BCUT2D eigenvalue weighted by molar-refractivity contribution is 0.477. The number of benzene rings is 2. The quantitative estimate of drug-likeness (QED) is 0.786. The maximum absolute atomic E-state index is 10.6. The Balaban J connectivity index is 2.66. The molecule has 2 aromatic rings. The molecule has 0 saturated heterocycles. The average Bonchev–Trinajstić information content (AvgIpc) is 2.34. The summed E-state index contributed by atoms with van der Waals surface area (Å²) in [6.07, 6.45) is 0. The van der Waals surface area contributed by atoms with Gasteiger partial charge < -0.3 is 5.11 Å². The van der Waals surface area contributed by atoms with Crippen LogP contribution in [0.3, 0.4) is 0 Å². The Labute approximate surface area is 99.7 Å². The number of nitroso groups, excluding NO2 is 1. The standard InChI is InChI=1S/C14H13NO2/c1-9-10(2)13(15-17)8-7-11(9)12-5-3-4-6-14(12)16/h3-8,16H,1-2H3. The smallest absolute Gasteiger partial charge is 0.123 e. The predicted octanol–water partition coefficient (Wildman–Crippen LogP) is 4.07. The van der Waals surface area contributed by atoms with Gasteiger partial charge in [-0.3, -0.25) is 0 Å². The molecule has 0 aliphatic rings. The minimum atomic E-state index is 0.238. The summed E-state index contributed by atoms with van der Waals surface area (Å²) in [7, 11) is 0. The van der Waals surface area contributed by atoms with Gasteiger partial charge in [0.05, 0.1) is 0 Å². The van der Waals surface area contributed by atoms with Crippen molar-refractivity contribution in [3.05, 3.63) is 52.4 Å². The number of para-hydroxylation sites is 1. The minimum absolute atomic E-state index is 0.238. The summed E-state index contributed by atoms with van der Waals surface area (Å²) < 4.78 is 0. The van der Waals surface area contributed by atoms with Crippen LogP contribution in [0.2, 0.25) is 0 Å². The van der Waals surface area contributed by atoms with Crippen molar-refractivity contribution in [2.24, 2.45) is 5.18 Å². The van der Waals surface area contributed by atoms with E-state index in [1.807, 2.05) is 32.0 Å². The van der Waals surface area contributed by atoms with Crippen molar-refractivity contribution in [3.8, 4) is 16.9 Å². The topological polar surface area (TPSA) is 49.7 Å². The van der Waals surface area contributed by atoms with E-state index in [2.05, 4.69) is 5.18 Å². The van der Waals surface area contributed by atoms with Crippen LogP contribution in [0.25, 0.3) is 11.1 Å². The highest BCUT2D eigenvalue weighted by molar-refractivity contribution is 5.76. The summed E-state index contributed by atoms with van der Waals surface area (Å²) in [4.78, 5) is 10.6. The molecule has 0 amide bonds. The number of hydrogen-bond acceptors (Lipinski definition) is 3. The molecule has 17 heavy (non-hydrogen) atoms. The lowest BCUT2D eigenvalue weighted by Crippen LogP contribution is -1.88. The maximum atomic E-state index is 10.6. The number of aromatic hydroxyl groups is 1. The van der Waals surface area contributed by atoms with E-state index < -0.39 is 0 Å². The van der Waals surface area contributed by atoms with Crippen molar-refractivity contribution < 1.29 is 5.11 Å². The molecule has 0 spiro atoms. The van der Waals surface area contributed by atoms with E-state index >= 15 is 0 Å². The lowest BCUT2D eigenvalue weighted by atomic mass is 9.95. The Bertz CT molecular complexity index is 576. The number of rotatable bonds is 2. The third kappa shape index (κ3) is 1.91. The zero-order valence-electron chi connectivity index (χ0n) is 9.77. The van der Waals surface area contributed by atoms with Gasteiger partial charge in [-0.05, 0) is 47.8 Å². The van der Waals surface area contributed by atoms with E-state index in [0.717, 1.165) is 22.3 Å². The van der Waals surface area contributed by atoms with Crippen LogP contribution in [0, 0.1) is 18.8 Å². The Morgan fingerprint density at radius 3 is 2.29 bits per heavy atom. The van der Waals surface area contributed by atoms with E-state index in [1.54, 1.807) is 18.2 Å². The van der Waals surface area contributed by atoms with Crippen molar-refractivity contribution in [3.63, 3.8) is 0 Å². The molecule has 0 bridgehead atoms. The van der Waals surface area contributed by atoms with Gasteiger partial charge in [-0.15, -0.1) is 4.91 Å². The van der Waals surface area contributed by atoms with Crippen LogP contribution < -0.4 is 0 Å². The minimum Gasteiger partial charge on any atom is -0.507 e. The van der Waals surface area contributed by atoms with Gasteiger partial charge in [-0.1, -0.05) is 24.3 Å². The van der Waals surface area contributed by atoms with Gasteiger partial charge >= 0.3 is 0 Å². The van der Waals surface area contributed by atoms with Crippen molar-refractivity contribution in [1.82, 2.24) is 0 Å². The third-order valence-corrected chi connectivity index (χ3v) is 3.05. The Morgan fingerprint density at radius 1 is 0.941 bits per heavy atom. The largest absolute Gasteiger partial charge is 0.507 e. The highest BCUT2D eigenvalue weighted by atomic mass is 16.3. The number of phenols is 1. The highest BCUT2D eigenvalue weighted by Gasteiger charge is 2.10. The molecule has 1 N–H and O–H groups in total. The van der Waals surface area contributed by atoms with Crippen LogP contribution >= 0.6 is 0 Å². The average molecular weight is 227 g/mol. The summed E-state index contributed by atoms with van der Waals surface area (Å²) >= 11 is 0. The molecule has 3 nitrogen and oxygen atoms in total. The molecule has 0 aliphatic carbocycles. The molecule has 0 aromatic heterocycles. The fourth-order valence-electron chi connectivity index (χ4n) is 1.90. The van der Waals surface area contributed by atoms with Crippen molar-refractivity contribution in [2.75, 3.05) is 0 Å². The molecule has 0 saturated carbocycles. The van der Waals surface area contributed by atoms with Gasteiger partial charge in [0.25, 0.3) is 0 Å². The monoisotopic (exact) mass is 227 g/mol. The Hall–Kier alpha value is -2.16. The molecule has 3 heteroatoms. The van der Waals surface area contributed by atoms with Crippen LogP contribution in [0.1, 0.15) is 11.1 Å². The van der Waals surface area contributed by atoms with Crippen LogP contribution in [0.15, 0.2) is 41.6 Å². The molecule has 2 rings (SSSR count). The molecule has 0 aliphatic heterocycles. The lowest BCUT2D eigenvalue weighted by Gasteiger charge is -2.11. The van der Waals surface area contributed by atoms with Crippen LogP contribution in [0.4, 0.5) is 5.69 Å². The van der Waals surface area contributed by atoms with Crippen LogP contribution in [-0.4, -0.2) is 5.11 Å². The van der Waals surface area contributed by atoms with Gasteiger partial charge in [0.15, 0.2) is 0 Å². The van der Waals surface area contributed by atoms with Crippen LogP contribution in [-0.2, 0) is 0 Å². The summed E-state index contributed by atoms with van der Waals surface area (Å²) in [5, 5.41) is 12.8. The van der Waals surface area contributed by atoms with Gasteiger partial charge in [0, 0.05) is 5.56 Å². The van der Waals surface area contributed by atoms with Gasteiger partial charge in [-0.25, -0.2) is 0 Å². The first-order valence-corrected chi connectivity index (χ1v) is 5.37. The second kappa shape index (κ2) is 4.37. The van der Waals surface area contributed by atoms with Crippen molar-refractivity contribution in [2.45, 2.75) is 13.8 Å². The first-order valence-electron chi connectivity index (χ1n) is 5.37.